The molecule has 126 valence electrons. The van der Waals surface area contributed by atoms with Crippen LogP contribution in [0.15, 0.2) is 73.4 Å². The van der Waals surface area contributed by atoms with Gasteiger partial charge in [0.1, 0.15) is 12.4 Å². The molecule has 0 N–H and O–H groups in total. The molecule has 3 rings (SSSR count). The van der Waals surface area contributed by atoms with Crippen LogP contribution >= 0.6 is 0 Å². The lowest BCUT2D eigenvalue weighted by molar-refractivity contribution is 0.294. The molecule has 0 unspecified atom stereocenters. The average molecular weight is 331 g/mol. The van der Waals surface area contributed by atoms with Crippen molar-refractivity contribution in [1.82, 2.24) is 4.98 Å². The normalized spacial score (nSPS) is 10.3. The van der Waals surface area contributed by atoms with Crippen molar-refractivity contribution in [3.63, 3.8) is 0 Å². The van der Waals surface area contributed by atoms with Crippen LogP contribution in [0.5, 0.6) is 11.6 Å². The molecule has 0 aliphatic rings. The lowest BCUT2D eigenvalue weighted by atomic mass is 10.0. The Morgan fingerprint density at radius 1 is 1.00 bits per heavy atom. The molecule has 0 spiro atoms. The Morgan fingerprint density at radius 2 is 1.84 bits per heavy atom. The molecule has 0 aliphatic carbocycles. The smallest absolute Gasteiger partial charge is 0.213 e. The SMILES string of the molecule is C=Cc1ccc(OCC)cc1-c1ccc(OCc2ccccc2)nc1. The van der Waals surface area contributed by atoms with Gasteiger partial charge in [0.25, 0.3) is 0 Å². The molecule has 2 aromatic carbocycles. The molecule has 3 heteroatoms. The van der Waals surface area contributed by atoms with Gasteiger partial charge in [0, 0.05) is 17.8 Å². The zero-order valence-electron chi connectivity index (χ0n) is 14.3. The molecule has 3 aromatic rings. The number of nitrogens with zero attached hydrogens (tertiary/aromatic N) is 1. The second kappa shape index (κ2) is 8.15. The summed E-state index contributed by atoms with van der Waals surface area (Å²) in [5, 5.41) is 0. The number of ether oxygens (including phenoxy) is 2. The van der Waals surface area contributed by atoms with Crippen molar-refractivity contribution in [1.29, 1.82) is 0 Å². The summed E-state index contributed by atoms with van der Waals surface area (Å²) in [6.07, 6.45) is 3.66. The quantitative estimate of drug-likeness (QED) is 0.583. The van der Waals surface area contributed by atoms with Gasteiger partial charge >= 0.3 is 0 Å². The molecule has 25 heavy (non-hydrogen) atoms. The number of rotatable bonds is 7. The zero-order chi connectivity index (χ0) is 17.5. The minimum atomic E-state index is 0.505. The first kappa shape index (κ1) is 16.8. The lowest BCUT2D eigenvalue weighted by Gasteiger charge is -2.11. The molecule has 0 saturated carbocycles. The van der Waals surface area contributed by atoms with Gasteiger partial charge in [0.15, 0.2) is 0 Å². The second-order valence-corrected chi connectivity index (χ2v) is 5.55. The van der Waals surface area contributed by atoms with Crippen molar-refractivity contribution in [3.05, 3.63) is 84.6 Å². The van der Waals surface area contributed by atoms with Crippen LogP contribution in [0.1, 0.15) is 18.1 Å². The Morgan fingerprint density at radius 3 is 2.52 bits per heavy atom. The maximum absolute atomic E-state index is 5.75. The standard InChI is InChI=1S/C22H21NO2/c1-3-18-10-12-20(24-4-2)14-21(18)19-11-13-22(23-15-19)25-16-17-8-6-5-7-9-17/h3,5-15H,1,4,16H2,2H3. The molecule has 0 saturated heterocycles. The third-order valence-corrected chi connectivity index (χ3v) is 3.83. The molecule has 0 atom stereocenters. The fourth-order valence-electron chi connectivity index (χ4n) is 2.58. The fraction of sp³-hybridized carbons (Fsp3) is 0.136. The van der Waals surface area contributed by atoms with Crippen LogP contribution in [0.4, 0.5) is 0 Å². The first-order valence-corrected chi connectivity index (χ1v) is 8.32. The van der Waals surface area contributed by atoms with E-state index in [2.05, 4.69) is 11.6 Å². The van der Waals surface area contributed by atoms with Crippen LogP contribution in [0.25, 0.3) is 17.2 Å². The molecule has 1 aromatic heterocycles. The van der Waals surface area contributed by atoms with E-state index in [9.17, 15) is 0 Å². The minimum absolute atomic E-state index is 0.505. The summed E-state index contributed by atoms with van der Waals surface area (Å²) >= 11 is 0. The van der Waals surface area contributed by atoms with E-state index < -0.39 is 0 Å². The van der Waals surface area contributed by atoms with Gasteiger partial charge in [-0.25, -0.2) is 4.98 Å². The van der Waals surface area contributed by atoms with E-state index in [1.165, 1.54) is 0 Å². The van der Waals surface area contributed by atoms with Crippen LogP contribution in [0.3, 0.4) is 0 Å². The summed E-state index contributed by atoms with van der Waals surface area (Å²) in [5.41, 5.74) is 4.21. The maximum atomic E-state index is 5.75. The average Bonchev–Trinajstić information content (AvgIpc) is 2.68. The molecule has 0 fully saturated rings. The first-order valence-electron chi connectivity index (χ1n) is 8.32. The summed E-state index contributed by atoms with van der Waals surface area (Å²) in [6, 6.07) is 19.9. The van der Waals surface area contributed by atoms with Crippen LogP contribution in [0, 0.1) is 0 Å². The summed E-state index contributed by atoms with van der Waals surface area (Å²) < 4.78 is 11.3. The Labute approximate surface area is 148 Å². The summed E-state index contributed by atoms with van der Waals surface area (Å²) in [6.45, 7) is 7.00. The predicted octanol–water partition coefficient (Wildman–Crippen LogP) is 5.37. The van der Waals surface area contributed by atoms with Crippen LogP contribution in [-0.4, -0.2) is 11.6 Å². The Hall–Kier alpha value is -3.07. The number of aromatic nitrogens is 1. The molecular formula is C22H21NO2. The van der Waals surface area contributed by atoms with Gasteiger partial charge in [0.2, 0.25) is 5.88 Å². The van der Waals surface area contributed by atoms with Crippen molar-refractivity contribution in [2.75, 3.05) is 6.61 Å². The Kier molecular flexibility index (Phi) is 5.47. The Bertz CT molecular complexity index is 826. The second-order valence-electron chi connectivity index (χ2n) is 5.55. The van der Waals surface area contributed by atoms with Crippen molar-refractivity contribution in [2.24, 2.45) is 0 Å². The van der Waals surface area contributed by atoms with E-state index >= 15 is 0 Å². The largest absolute Gasteiger partial charge is 0.494 e. The molecule has 0 aliphatic heterocycles. The van der Waals surface area contributed by atoms with Crippen LogP contribution in [-0.2, 0) is 6.61 Å². The van der Waals surface area contributed by atoms with E-state index in [4.69, 9.17) is 9.47 Å². The number of hydrogen-bond donors (Lipinski definition) is 0. The van der Waals surface area contributed by atoms with Gasteiger partial charge in [-0.1, -0.05) is 49.1 Å². The highest BCUT2D eigenvalue weighted by Crippen LogP contribution is 2.29. The molecule has 0 amide bonds. The highest BCUT2D eigenvalue weighted by molar-refractivity contribution is 5.75. The van der Waals surface area contributed by atoms with E-state index in [-0.39, 0.29) is 0 Å². The molecule has 0 radical (unpaired) electrons. The summed E-state index contributed by atoms with van der Waals surface area (Å²) in [5.74, 6) is 1.45. The van der Waals surface area contributed by atoms with Crippen molar-refractivity contribution < 1.29 is 9.47 Å². The van der Waals surface area contributed by atoms with Crippen LogP contribution < -0.4 is 9.47 Å². The van der Waals surface area contributed by atoms with Crippen molar-refractivity contribution in [2.45, 2.75) is 13.5 Å². The predicted molar refractivity (Wildman–Crippen MR) is 102 cm³/mol. The van der Waals surface area contributed by atoms with E-state index in [1.807, 2.05) is 79.9 Å². The third kappa shape index (κ3) is 4.27. The monoisotopic (exact) mass is 331 g/mol. The highest BCUT2D eigenvalue weighted by Gasteiger charge is 2.07. The highest BCUT2D eigenvalue weighted by atomic mass is 16.5. The number of hydrogen-bond acceptors (Lipinski definition) is 3. The molecule has 0 bridgehead atoms. The first-order chi connectivity index (χ1) is 12.3. The zero-order valence-corrected chi connectivity index (χ0v) is 14.3. The summed E-state index contributed by atoms with van der Waals surface area (Å²) in [4.78, 5) is 4.42. The van der Waals surface area contributed by atoms with Gasteiger partial charge in [-0.3, -0.25) is 0 Å². The van der Waals surface area contributed by atoms with Gasteiger partial charge < -0.3 is 9.47 Å². The van der Waals surface area contributed by atoms with Crippen LogP contribution in [0.2, 0.25) is 0 Å². The van der Waals surface area contributed by atoms with Crippen molar-refractivity contribution >= 4 is 6.08 Å². The molecule has 1 heterocycles. The van der Waals surface area contributed by atoms with Crippen molar-refractivity contribution in [3.8, 4) is 22.8 Å². The number of benzene rings is 2. The van der Waals surface area contributed by atoms with Gasteiger partial charge in [-0.2, -0.15) is 0 Å². The van der Waals surface area contributed by atoms with Gasteiger partial charge in [0.05, 0.1) is 6.61 Å². The Balaban J connectivity index is 1.77. The van der Waals surface area contributed by atoms with E-state index in [1.54, 1.807) is 0 Å². The topological polar surface area (TPSA) is 31.4 Å². The molecular weight excluding hydrogens is 310 g/mol. The number of pyridine rings is 1. The van der Waals surface area contributed by atoms with Gasteiger partial charge in [-0.15, -0.1) is 0 Å². The third-order valence-electron chi connectivity index (χ3n) is 3.83. The van der Waals surface area contributed by atoms with Gasteiger partial charge in [-0.05, 0) is 41.8 Å². The summed E-state index contributed by atoms with van der Waals surface area (Å²) in [7, 11) is 0. The fourth-order valence-corrected chi connectivity index (χ4v) is 2.58. The minimum Gasteiger partial charge on any atom is -0.494 e. The van der Waals surface area contributed by atoms with E-state index in [0.29, 0.717) is 19.1 Å². The maximum Gasteiger partial charge on any atom is 0.213 e. The molecule has 3 nitrogen and oxygen atoms in total. The lowest BCUT2D eigenvalue weighted by Crippen LogP contribution is -1.97. The van der Waals surface area contributed by atoms with E-state index in [0.717, 1.165) is 28.0 Å².